The molecule has 0 fully saturated rings. The van der Waals surface area contributed by atoms with E-state index in [0.717, 1.165) is 10.6 Å². The van der Waals surface area contributed by atoms with Crippen molar-refractivity contribution in [3.8, 4) is 0 Å². The molecule has 0 radical (unpaired) electrons. The first kappa shape index (κ1) is 14.4. The summed E-state index contributed by atoms with van der Waals surface area (Å²) in [5, 5.41) is 10.8. The lowest BCUT2D eigenvalue weighted by Crippen LogP contribution is -1.92. The molecule has 0 heterocycles. The van der Waals surface area contributed by atoms with Crippen LogP contribution in [0.4, 0.5) is 11.4 Å². The summed E-state index contributed by atoms with van der Waals surface area (Å²) < 4.78 is 0. The Bertz CT molecular complexity index is 636. The average Bonchev–Trinajstić information content (AvgIpc) is 2.34. The maximum atomic E-state index is 10.8. The molecule has 0 bridgehead atoms. The molecular formula is C15H16N2O2S. The van der Waals surface area contributed by atoms with E-state index < -0.39 is 4.92 Å². The number of hydrogen-bond donors (Lipinski definition) is 1. The summed E-state index contributed by atoms with van der Waals surface area (Å²) in [5.41, 5.74) is 9.80. The first-order chi connectivity index (χ1) is 9.44. The number of nitrogens with two attached hydrogens (primary N) is 1. The quantitative estimate of drug-likeness (QED) is 0.398. The number of nitrogens with zero attached hydrogens (tertiary/aromatic N) is 1. The molecule has 2 aromatic carbocycles. The molecule has 0 aliphatic rings. The van der Waals surface area contributed by atoms with Crippen molar-refractivity contribution < 1.29 is 4.92 Å². The lowest BCUT2D eigenvalue weighted by atomic mass is 10.1. The van der Waals surface area contributed by atoms with Crippen molar-refractivity contribution in [2.75, 3.05) is 5.73 Å². The number of rotatable bonds is 4. The van der Waals surface area contributed by atoms with Gasteiger partial charge in [0.25, 0.3) is 5.69 Å². The molecule has 0 aromatic heterocycles. The Morgan fingerprint density at radius 3 is 2.35 bits per heavy atom. The van der Waals surface area contributed by atoms with E-state index in [1.54, 1.807) is 23.9 Å². The molecule has 0 amide bonds. The fourth-order valence-corrected chi connectivity index (χ4v) is 3.04. The predicted octanol–water partition coefficient (Wildman–Crippen LogP) is 4.09. The Balaban J connectivity index is 2.16. The Morgan fingerprint density at radius 1 is 1.10 bits per heavy atom. The second-order valence-corrected chi connectivity index (χ2v) is 5.85. The molecule has 104 valence electrons. The van der Waals surface area contributed by atoms with Crippen molar-refractivity contribution in [3.05, 3.63) is 63.2 Å². The summed E-state index contributed by atoms with van der Waals surface area (Å²) in [4.78, 5) is 11.2. The van der Waals surface area contributed by atoms with Gasteiger partial charge in [0.2, 0.25) is 0 Å². The first-order valence-electron chi connectivity index (χ1n) is 6.19. The van der Waals surface area contributed by atoms with Crippen molar-refractivity contribution in [1.82, 2.24) is 0 Å². The number of hydrogen-bond acceptors (Lipinski definition) is 4. The molecule has 0 aliphatic heterocycles. The maximum Gasteiger partial charge on any atom is 0.272 e. The summed E-state index contributed by atoms with van der Waals surface area (Å²) in [7, 11) is 0. The van der Waals surface area contributed by atoms with E-state index in [9.17, 15) is 10.1 Å². The van der Waals surface area contributed by atoms with Crippen molar-refractivity contribution >= 4 is 23.1 Å². The van der Waals surface area contributed by atoms with Crippen LogP contribution in [0.15, 0.2) is 41.3 Å². The SMILES string of the molecule is Cc1cc(C)cc(CSc2cc(N)cc([N+](=O)[O-])c2)c1. The number of nitro groups is 1. The van der Waals surface area contributed by atoms with Crippen molar-refractivity contribution in [1.29, 1.82) is 0 Å². The summed E-state index contributed by atoms with van der Waals surface area (Å²) in [6.07, 6.45) is 0. The normalized spacial score (nSPS) is 10.5. The Labute approximate surface area is 122 Å². The Morgan fingerprint density at radius 2 is 1.75 bits per heavy atom. The standard InChI is InChI=1S/C15H16N2O2S/c1-10-3-11(2)5-12(4-10)9-20-15-7-13(16)6-14(8-15)17(18)19/h3-8H,9,16H2,1-2H3. The number of aryl methyl sites for hydroxylation is 2. The topological polar surface area (TPSA) is 69.2 Å². The van der Waals surface area contributed by atoms with Gasteiger partial charge in [0.1, 0.15) is 0 Å². The van der Waals surface area contributed by atoms with E-state index in [0.29, 0.717) is 5.69 Å². The van der Waals surface area contributed by atoms with Crippen LogP contribution in [0.2, 0.25) is 0 Å². The lowest BCUT2D eigenvalue weighted by molar-refractivity contribution is -0.385. The molecule has 0 aliphatic carbocycles. The largest absolute Gasteiger partial charge is 0.398 e. The van der Waals surface area contributed by atoms with E-state index in [-0.39, 0.29) is 5.69 Å². The summed E-state index contributed by atoms with van der Waals surface area (Å²) in [6.45, 7) is 4.12. The number of anilines is 1. The van der Waals surface area contributed by atoms with Crippen LogP contribution >= 0.6 is 11.8 Å². The molecule has 0 spiro atoms. The molecule has 0 unspecified atom stereocenters. The van der Waals surface area contributed by atoms with Crippen molar-refractivity contribution in [3.63, 3.8) is 0 Å². The zero-order valence-electron chi connectivity index (χ0n) is 11.4. The second kappa shape index (κ2) is 5.96. The van der Waals surface area contributed by atoms with Crippen LogP contribution < -0.4 is 5.73 Å². The molecule has 0 saturated heterocycles. The van der Waals surface area contributed by atoms with Crippen LogP contribution in [0.25, 0.3) is 0 Å². The van der Waals surface area contributed by atoms with Gasteiger partial charge in [-0.15, -0.1) is 11.8 Å². The Kier molecular flexibility index (Phi) is 4.29. The highest BCUT2D eigenvalue weighted by Gasteiger charge is 2.09. The van der Waals surface area contributed by atoms with Gasteiger partial charge in [-0.2, -0.15) is 0 Å². The third-order valence-corrected chi connectivity index (χ3v) is 3.86. The zero-order valence-corrected chi connectivity index (χ0v) is 12.2. The van der Waals surface area contributed by atoms with Crippen molar-refractivity contribution in [2.45, 2.75) is 24.5 Å². The summed E-state index contributed by atoms with van der Waals surface area (Å²) in [6, 6.07) is 11.1. The van der Waals surface area contributed by atoms with Gasteiger partial charge in [0, 0.05) is 28.5 Å². The van der Waals surface area contributed by atoms with Gasteiger partial charge in [0.15, 0.2) is 0 Å². The highest BCUT2D eigenvalue weighted by molar-refractivity contribution is 7.98. The smallest absolute Gasteiger partial charge is 0.272 e. The van der Waals surface area contributed by atoms with E-state index in [1.807, 2.05) is 0 Å². The van der Waals surface area contributed by atoms with E-state index in [4.69, 9.17) is 5.73 Å². The third-order valence-electron chi connectivity index (χ3n) is 2.81. The van der Waals surface area contributed by atoms with E-state index >= 15 is 0 Å². The minimum absolute atomic E-state index is 0.0351. The molecule has 4 nitrogen and oxygen atoms in total. The summed E-state index contributed by atoms with van der Waals surface area (Å²) in [5.74, 6) is 0.767. The molecule has 0 atom stereocenters. The lowest BCUT2D eigenvalue weighted by Gasteiger charge is -2.06. The molecule has 20 heavy (non-hydrogen) atoms. The predicted molar refractivity (Wildman–Crippen MR) is 83.0 cm³/mol. The molecule has 2 N–H and O–H groups in total. The van der Waals surface area contributed by atoms with Crippen LogP contribution in [0, 0.1) is 24.0 Å². The number of non-ortho nitro benzene ring substituents is 1. The second-order valence-electron chi connectivity index (χ2n) is 4.80. The highest BCUT2D eigenvalue weighted by atomic mass is 32.2. The highest BCUT2D eigenvalue weighted by Crippen LogP contribution is 2.29. The van der Waals surface area contributed by atoms with Gasteiger partial charge in [-0.3, -0.25) is 10.1 Å². The molecular weight excluding hydrogens is 272 g/mol. The minimum Gasteiger partial charge on any atom is -0.398 e. The average molecular weight is 288 g/mol. The monoisotopic (exact) mass is 288 g/mol. The number of nitro benzene ring substituents is 1. The number of benzene rings is 2. The molecule has 2 aromatic rings. The number of thioether (sulfide) groups is 1. The molecule has 0 saturated carbocycles. The van der Waals surface area contributed by atoms with Gasteiger partial charge >= 0.3 is 0 Å². The van der Waals surface area contributed by atoms with Crippen molar-refractivity contribution in [2.24, 2.45) is 0 Å². The minimum atomic E-state index is -0.419. The fourth-order valence-electron chi connectivity index (χ4n) is 2.11. The maximum absolute atomic E-state index is 10.8. The fraction of sp³-hybridized carbons (Fsp3) is 0.200. The van der Waals surface area contributed by atoms with E-state index in [2.05, 4.69) is 32.0 Å². The van der Waals surface area contributed by atoms with Crippen LogP contribution in [0.5, 0.6) is 0 Å². The number of nitrogen functional groups attached to an aromatic ring is 1. The zero-order chi connectivity index (χ0) is 14.7. The molecule has 2 rings (SSSR count). The van der Waals surface area contributed by atoms with Crippen LogP contribution in [-0.2, 0) is 5.75 Å². The van der Waals surface area contributed by atoms with Crippen LogP contribution in [-0.4, -0.2) is 4.92 Å². The third kappa shape index (κ3) is 3.74. The molecule has 5 heteroatoms. The van der Waals surface area contributed by atoms with Gasteiger partial charge in [-0.25, -0.2) is 0 Å². The van der Waals surface area contributed by atoms with E-state index in [1.165, 1.54) is 22.8 Å². The van der Waals surface area contributed by atoms with Gasteiger partial charge in [-0.1, -0.05) is 29.3 Å². The van der Waals surface area contributed by atoms with Crippen LogP contribution in [0.3, 0.4) is 0 Å². The van der Waals surface area contributed by atoms with Gasteiger partial charge < -0.3 is 5.73 Å². The Hall–Kier alpha value is -2.01. The first-order valence-corrected chi connectivity index (χ1v) is 7.17. The van der Waals surface area contributed by atoms with Crippen LogP contribution in [0.1, 0.15) is 16.7 Å². The van der Waals surface area contributed by atoms with Gasteiger partial charge in [-0.05, 0) is 25.5 Å². The van der Waals surface area contributed by atoms with Gasteiger partial charge in [0.05, 0.1) is 4.92 Å². The summed E-state index contributed by atoms with van der Waals surface area (Å²) >= 11 is 1.55.